The number of halogens is 1. The van der Waals surface area contributed by atoms with Crippen molar-refractivity contribution >= 4 is 11.6 Å². The van der Waals surface area contributed by atoms with E-state index in [0.29, 0.717) is 5.41 Å². The second kappa shape index (κ2) is 5.10. The lowest BCUT2D eigenvalue weighted by Gasteiger charge is -2.57. The van der Waals surface area contributed by atoms with Gasteiger partial charge < -0.3 is 5.73 Å². The summed E-state index contributed by atoms with van der Waals surface area (Å²) in [4.78, 5) is 0. The van der Waals surface area contributed by atoms with Crippen molar-refractivity contribution in [2.75, 3.05) is 6.54 Å². The number of rotatable bonds is 2. The Hall–Kier alpha value is -0.530. The Morgan fingerprint density at radius 1 is 1.05 bits per heavy atom. The van der Waals surface area contributed by atoms with Gasteiger partial charge in [-0.25, -0.2) is 0 Å². The molecule has 104 valence electrons. The van der Waals surface area contributed by atoms with E-state index < -0.39 is 0 Å². The zero-order chi connectivity index (χ0) is 13.3. The lowest BCUT2D eigenvalue weighted by molar-refractivity contribution is 0.0113. The molecule has 1 spiro atoms. The van der Waals surface area contributed by atoms with E-state index in [2.05, 4.69) is 18.2 Å². The second-order valence-electron chi connectivity index (χ2n) is 6.76. The van der Waals surface area contributed by atoms with E-state index in [4.69, 9.17) is 17.3 Å². The minimum absolute atomic E-state index is 0.204. The van der Waals surface area contributed by atoms with Gasteiger partial charge >= 0.3 is 0 Å². The SMILES string of the molecule is NCC1(c2cccc(Cl)c2)CC2(CCCCCC2)C1. The monoisotopic (exact) mass is 277 g/mol. The standard InChI is InChI=1S/C17H24ClN/c18-15-7-5-6-14(10-15)17(13-19)11-16(12-17)8-3-1-2-4-9-16/h5-7,10H,1-4,8-9,11-13,19H2. The first-order chi connectivity index (χ1) is 9.18. The fraction of sp³-hybridized carbons (Fsp3) is 0.647. The summed E-state index contributed by atoms with van der Waals surface area (Å²) in [6.45, 7) is 0.759. The molecule has 0 amide bonds. The summed E-state index contributed by atoms with van der Waals surface area (Å²) in [6.07, 6.45) is 11.0. The third kappa shape index (κ3) is 2.43. The topological polar surface area (TPSA) is 26.0 Å². The van der Waals surface area contributed by atoms with E-state index in [1.54, 1.807) is 0 Å². The first-order valence-electron chi connectivity index (χ1n) is 7.64. The van der Waals surface area contributed by atoms with Crippen molar-refractivity contribution in [3.05, 3.63) is 34.9 Å². The van der Waals surface area contributed by atoms with Crippen molar-refractivity contribution in [2.24, 2.45) is 11.1 Å². The van der Waals surface area contributed by atoms with Crippen LogP contribution in [0.3, 0.4) is 0 Å². The maximum absolute atomic E-state index is 6.15. The van der Waals surface area contributed by atoms with Crippen LogP contribution in [0, 0.1) is 5.41 Å². The van der Waals surface area contributed by atoms with Crippen LogP contribution in [0.1, 0.15) is 56.9 Å². The predicted octanol–water partition coefficient (Wildman–Crippen LogP) is 4.67. The highest BCUT2D eigenvalue weighted by Crippen LogP contribution is 2.60. The normalized spacial score (nSPS) is 24.7. The molecule has 2 heteroatoms. The zero-order valence-electron chi connectivity index (χ0n) is 11.6. The molecule has 0 unspecified atom stereocenters. The third-order valence-corrected chi connectivity index (χ3v) is 5.65. The maximum atomic E-state index is 6.15. The highest BCUT2D eigenvalue weighted by atomic mass is 35.5. The molecular weight excluding hydrogens is 254 g/mol. The van der Waals surface area contributed by atoms with Crippen molar-refractivity contribution in [3.8, 4) is 0 Å². The molecule has 0 atom stereocenters. The summed E-state index contributed by atoms with van der Waals surface area (Å²) in [5, 5.41) is 0.840. The number of benzene rings is 1. The summed E-state index contributed by atoms with van der Waals surface area (Å²) < 4.78 is 0. The minimum atomic E-state index is 0.204. The van der Waals surface area contributed by atoms with Crippen LogP contribution in [-0.2, 0) is 5.41 Å². The van der Waals surface area contributed by atoms with Gasteiger partial charge in [0, 0.05) is 17.0 Å². The van der Waals surface area contributed by atoms with Crippen LogP contribution >= 0.6 is 11.6 Å². The molecule has 0 bridgehead atoms. The van der Waals surface area contributed by atoms with Gasteiger partial charge in [-0.3, -0.25) is 0 Å². The fourth-order valence-electron chi connectivity index (χ4n) is 4.50. The third-order valence-electron chi connectivity index (χ3n) is 5.42. The van der Waals surface area contributed by atoms with E-state index in [-0.39, 0.29) is 5.41 Å². The van der Waals surface area contributed by atoms with Crippen LogP contribution in [0.25, 0.3) is 0 Å². The summed E-state index contributed by atoms with van der Waals surface area (Å²) in [6, 6.07) is 8.35. The highest BCUT2D eigenvalue weighted by Gasteiger charge is 2.53. The Morgan fingerprint density at radius 3 is 2.32 bits per heavy atom. The van der Waals surface area contributed by atoms with Gasteiger partial charge in [0.15, 0.2) is 0 Å². The molecular formula is C17H24ClN. The number of hydrogen-bond donors (Lipinski definition) is 1. The molecule has 1 aromatic rings. The average molecular weight is 278 g/mol. The highest BCUT2D eigenvalue weighted by molar-refractivity contribution is 6.30. The Bertz CT molecular complexity index is 438. The van der Waals surface area contributed by atoms with Gasteiger partial charge in [-0.15, -0.1) is 0 Å². The molecule has 2 saturated carbocycles. The molecule has 1 nitrogen and oxygen atoms in total. The Kier molecular flexibility index (Phi) is 3.61. The van der Waals surface area contributed by atoms with Crippen molar-refractivity contribution < 1.29 is 0 Å². The van der Waals surface area contributed by atoms with Crippen LogP contribution in [-0.4, -0.2) is 6.54 Å². The number of nitrogens with two attached hydrogens (primary N) is 1. The molecule has 0 saturated heterocycles. The molecule has 2 aliphatic rings. The van der Waals surface area contributed by atoms with Crippen LogP contribution in [0.4, 0.5) is 0 Å². The summed E-state index contributed by atoms with van der Waals surface area (Å²) in [7, 11) is 0. The van der Waals surface area contributed by atoms with Crippen molar-refractivity contribution in [1.82, 2.24) is 0 Å². The van der Waals surface area contributed by atoms with E-state index in [9.17, 15) is 0 Å². The van der Waals surface area contributed by atoms with Crippen LogP contribution in [0.5, 0.6) is 0 Å². The molecule has 1 aromatic carbocycles. The molecule has 0 radical (unpaired) electrons. The molecule has 0 heterocycles. The predicted molar refractivity (Wildman–Crippen MR) is 81.6 cm³/mol. The zero-order valence-corrected chi connectivity index (χ0v) is 12.4. The van der Waals surface area contributed by atoms with Gasteiger partial charge in [0.05, 0.1) is 0 Å². The van der Waals surface area contributed by atoms with E-state index in [1.165, 1.54) is 56.9 Å². The van der Waals surface area contributed by atoms with E-state index in [1.807, 2.05) is 6.07 Å². The Morgan fingerprint density at radius 2 is 1.74 bits per heavy atom. The Labute approximate surface area is 121 Å². The quantitative estimate of drug-likeness (QED) is 0.835. The summed E-state index contributed by atoms with van der Waals surface area (Å²) in [5.41, 5.74) is 8.29. The first kappa shape index (κ1) is 13.5. The molecule has 0 aromatic heterocycles. The smallest absolute Gasteiger partial charge is 0.0408 e. The van der Waals surface area contributed by atoms with Crippen LogP contribution in [0.15, 0.2) is 24.3 Å². The molecule has 19 heavy (non-hydrogen) atoms. The van der Waals surface area contributed by atoms with Crippen molar-refractivity contribution in [2.45, 2.75) is 56.8 Å². The fourth-order valence-corrected chi connectivity index (χ4v) is 4.69. The molecule has 2 aliphatic carbocycles. The average Bonchev–Trinajstić information content (AvgIpc) is 2.62. The molecule has 2 N–H and O–H groups in total. The lowest BCUT2D eigenvalue weighted by Crippen LogP contribution is -2.53. The molecule has 0 aliphatic heterocycles. The van der Waals surface area contributed by atoms with Crippen molar-refractivity contribution in [3.63, 3.8) is 0 Å². The summed E-state index contributed by atoms with van der Waals surface area (Å²) >= 11 is 6.15. The van der Waals surface area contributed by atoms with Gasteiger partial charge in [0.25, 0.3) is 0 Å². The molecule has 3 rings (SSSR count). The van der Waals surface area contributed by atoms with Crippen LogP contribution < -0.4 is 5.73 Å². The van der Waals surface area contributed by atoms with Gasteiger partial charge in [-0.2, -0.15) is 0 Å². The maximum Gasteiger partial charge on any atom is 0.0408 e. The van der Waals surface area contributed by atoms with Crippen molar-refractivity contribution in [1.29, 1.82) is 0 Å². The van der Waals surface area contributed by atoms with Gasteiger partial charge in [-0.1, -0.05) is 49.4 Å². The second-order valence-corrected chi connectivity index (χ2v) is 7.20. The Balaban J connectivity index is 1.80. The van der Waals surface area contributed by atoms with Gasteiger partial charge in [-0.05, 0) is 48.8 Å². The van der Waals surface area contributed by atoms with Gasteiger partial charge in [0.2, 0.25) is 0 Å². The largest absolute Gasteiger partial charge is 0.330 e. The minimum Gasteiger partial charge on any atom is -0.330 e. The van der Waals surface area contributed by atoms with E-state index >= 15 is 0 Å². The summed E-state index contributed by atoms with van der Waals surface area (Å²) in [5.74, 6) is 0. The number of hydrogen-bond acceptors (Lipinski definition) is 1. The molecule has 2 fully saturated rings. The van der Waals surface area contributed by atoms with Crippen LogP contribution in [0.2, 0.25) is 5.02 Å². The first-order valence-corrected chi connectivity index (χ1v) is 8.02. The van der Waals surface area contributed by atoms with Gasteiger partial charge in [0.1, 0.15) is 0 Å². The van der Waals surface area contributed by atoms with E-state index in [0.717, 1.165) is 11.6 Å². The lowest BCUT2D eigenvalue weighted by atomic mass is 9.48.